The van der Waals surface area contributed by atoms with Crippen molar-refractivity contribution in [3.05, 3.63) is 46.7 Å². The van der Waals surface area contributed by atoms with Crippen molar-refractivity contribution in [1.29, 1.82) is 0 Å². The van der Waals surface area contributed by atoms with E-state index in [2.05, 4.69) is 21.6 Å². The van der Waals surface area contributed by atoms with Gasteiger partial charge in [-0.05, 0) is 48.6 Å². The van der Waals surface area contributed by atoms with E-state index in [0.717, 1.165) is 30.7 Å². The molecule has 1 aliphatic heterocycles. The average Bonchev–Trinajstić information content (AvgIpc) is 3.47. The van der Waals surface area contributed by atoms with Crippen molar-refractivity contribution in [3.8, 4) is 17.1 Å². The maximum Gasteiger partial charge on any atom is 0.233 e. The number of thiophene rings is 1. The number of aromatic nitrogens is 3. The summed E-state index contributed by atoms with van der Waals surface area (Å²) in [7, 11) is 1.62. The maximum atomic E-state index is 12.8. The summed E-state index contributed by atoms with van der Waals surface area (Å²) in [6.45, 7) is 0.800. The third-order valence-electron chi connectivity index (χ3n) is 4.78. The van der Waals surface area contributed by atoms with Gasteiger partial charge in [0.25, 0.3) is 0 Å². The molecule has 146 valence electrons. The van der Waals surface area contributed by atoms with Gasteiger partial charge in [0.05, 0.1) is 18.9 Å². The van der Waals surface area contributed by atoms with Crippen LogP contribution >= 0.6 is 23.1 Å². The topological polar surface area (TPSA) is 86.3 Å². The summed E-state index contributed by atoms with van der Waals surface area (Å²) >= 11 is 3.02. The van der Waals surface area contributed by atoms with E-state index in [9.17, 15) is 4.79 Å². The number of thioether (sulfide) groups is 1. The first-order valence-electron chi connectivity index (χ1n) is 8.98. The third-order valence-corrected chi connectivity index (χ3v) is 6.68. The molecule has 7 nitrogen and oxygen atoms in total. The van der Waals surface area contributed by atoms with Gasteiger partial charge in [0, 0.05) is 17.0 Å². The number of hydrogen-bond acceptors (Lipinski definition) is 7. The number of rotatable bonds is 6. The number of carbonyl (C=O) groups is 1. The lowest BCUT2D eigenvalue weighted by Gasteiger charge is -2.23. The van der Waals surface area contributed by atoms with E-state index in [4.69, 9.17) is 10.6 Å². The number of nitrogen functional groups attached to an aromatic ring is 1. The summed E-state index contributed by atoms with van der Waals surface area (Å²) < 4.78 is 6.60. The maximum absolute atomic E-state index is 12.8. The zero-order valence-corrected chi connectivity index (χ0v) is 17.1. The predicted molar refractivity (Wildman–Crippen MR) is 111 cm³/mol. The van der Waals surface area contributed by atoms with Gasteiger partial charge in [-0.1, -0.05) is 17.8 Å². The van der Waals surface area contributed by atoms with Crippen molar-refractivity contribution in [2.45, 2.75) is 24.0 Å². The van der Waals surface area contributed by atoms with Crippen LogP contribution in [0.25, 0.3) is 11.4 Å². The van der Waals surface area contributed by atoms with E-state index >= 15 is 0 Å². The number of hydrogen-bond donors (Lipinski definition) is 1. The lowest BCUT2D eigenvalue weighted by molar-refractivity contribution is -0.129. The highest BCUT2D eigenvalue weighted by atomic mass is 32.2. The lowest BCUT2D eigenvalue weighted by Crippen LogP contribution is -2.31. The molecular formula is C19H21N5O2S2. The van der Waals surface area contributed by atoms with Crippen LogP contribution in [0.1, 0.15) is 23.8 Å². The molecule has 0 spiro atoms. The second kappa shape index (κ2) is 8.24. The first kappa shape index (κ1) is 18.8. The van der Waals surface area contributed by atoms with Crippen molar-refractivity contribution in [2.24, 2.45) is 0 Å². The molecule has 3 aromatic rings. The summed E-state index contributed by atoms with van der Waals surface area (Å²) in [5, 5.41) is 10.9. The minimum Gasteiger partial charge on any atom is -0.497 e. The van der Waals surface area contributed by atoms with Gasteiger partial charge in [-0.25, -0.2) is 4.68 Å². The Morgan fingerprint density at radius 1 is 1.32 bits per heavy atom. The summed E-state index contributed by atoms with van der Waals surface area (Å²) in [6.07, 6.45) is 2.05. The number of nitrogens with zero attached hydrogens (tertiary/aromatic N) is 4. The molecule has 0 radical (unpaired) electrons. The number of nitrogens with two attached hydrogens (primary N) is 1. The fourth-order valence-corrected chi connectivity index (χ4v) is 4.98. The van der Waals surface area contributed by atoms with Crippen molar-refractivity contribution < 1.29 is 9.53 Å². The van der Waals surface area contributed by atoms with Crippen LogP contribution in [0.3, 0.4) is 0 Å². The van der Waals surface area contributed by atoms with E-state index < -0.39 is 0 Å². The fourth-order valence-electron chi connectivity index (χ4n) is 3.36. The standard InChI is InChI=1S/C19H21N5O2S2/c1-26-14-8-6-13(7-9-14)18-21-22-19(24(18)20)28-12-17(25)23-10-2-4-15(23)16-5-3-11-27-16/h3,5-9,11,15H,2,4,10,12,20H2,1H3. The lowest BCUT2D eigenvalue weighted by atomic mass is 10.2. The quantitative estimate of drug-likeness (QED) is 0.492. The average molecular weight is 416 g/mol. The Hall–Kier alpha value is -2.52. The first-order valence-corrected chi connectivity index (χ1v) is 10.8. The predicted octanol–water partition coefficient (Wildman–Crippen LogP) is 3.18. The van der Waals surface area contributed by atoms with Gasteiger partial charge in [0.1, 0.15) is 5.75 Å². The Morgan fingerprint density at radius 2 is 2.14 bits per heavy atom. The molecule has 0 aliphatic carbocycles. The SMILES string of the molecule is COc1ccc(-c2nnc(SCC(=O)N3CCCC3c3cccs3)n2N)cc1. The van der Waals surface area contributed by atoms with Gasteiger partial charge < -0.3 is 15.5 Å². The van der Waals surface area contributed by atoms with Crippen molar-refractivity contribution >= 4 is 29.0 Å². The summed E-state index contributed by atoms with van der Waals surface area (Å²) in [6, 6.07) is 11.8. The Kier molecular flexibility index (Phi) is 5.54. The van der Waals surface area contributed by atoms with Gasteiger partial charge >= 0.3 is 0 Å². The molecule has 1 atom stereocenters. The summed E-state index contributed by atoms with van der Waals surface area (Å²) in [5.41, 5.74) is 0.839. The Bertz CT molecular complexity index is 940. The monoisotopic (exact) mass is 415 g/mol. The minimum atomic E-state index is 0.106. The fraction of sp³-hybridized carbons (Fsp3) is 0.316. The van der Waals surface area contributed by atoms with E-state index in [1.807, 2.05) is 35.2 Å². The highest BCUT2D eigenvalue weighted by molar-refractivity contribution is 7.99. The van der Waals surface area contributed by atoms with Crippen molar-refractivity contribution in [3.63, 3.8) is 0 Å². The molecule has 9 heteroatoms. The van der Waals surface area contributed by atoms with Crippen LogP contribution in [0.5, 0.6) is 5.75 Å². The zero-order chi connectivity index (χ0) is 19.5. The summed E-state index contributed by atoms with van der Waals surface area (Å²) in [5.74, 6) is 7.88. The number of amides is 1. The molecule has 1 aromatic carbocycles. The molecule has 3 heterocycles. The molecule has 1 unspecified atom stereocenters. The Morgan fingerprint density at radius 3 is 2.86 bits per heavy atom. The van der Waals surface area contributed by atoms with Gasteiger partial charge in [0.2, 0.25) is 11.1 Å². The third kappa shape index (κ3) is 3.72. The highest BCUT2D eigenvalue weighted by Gasteiger charge is 2.30. The molecule has 1 amide bonds. The highest BCUT2D eigenvalue weighted by Crippen LogP contribution is 2.35. The molecule has 28 heavy (non-hydrogen) atoms. The van der Waals surface area contributed by atoms with Crippen LogP contribution in [0.15, 0.2) is 46.9 Å². The molecule has 4 rings (SSSR count). The number of likely N-dealkylation sites (tertiary alicyclic amines) is 1. The molecule has 2 aromatic heterocycles. The van der Waals surface area contributed by atoms with E-state index in [1.54, 1.807) is 18.4 Å². The molecule has 1 fully saturated rings. The number of ether oxygens (including phenoxy) is 1. The zero-order valence-electron chi connectivity index (χ0n) is 15.4. The molecule has 0 saturated carbocycles. The van der Waals surface area contributed by atoms with E-state index in [0.29, 0.717) is 16.7 Å². The van der Waals surface area contributed by atoms with Gasteiger partial charge in [-0.2, -0.15) is 0 Å². The smallest absolute Gasteiger partial charge is 0.233 e. The van der Waals surface area contributed by atoms with Crippen LogP contribution in [-0.4, -0.2) is 45.1 Å². The van der Waals surface area contributed by atoms with Crippen LogP contribution in [0.2, 0.25) is 0 Å². The molecule has 2 N–H and O–H groups in total. The van der Waals surface area contributed by atoms with E-state index in [-0.39, 0.29) is 11.9 Å². The molecule has 1 saturated heterocycles. The van der Waals surface area contributed by atoms with Gasteiger partial charge in [-0.3, -0.25) is 4.79 Å². The second-order valence-corrected chi connectivity index (χ2v) is 8.38. The van der Waals surface area contributed by atoms with Crippen LogP contribution in [0.4, 0.5) is 0 Å². The number of carbonyl (C=O) groups excluding carboxylic acids is 1. The largest absolute Gasteiger partial charge is 0.497 e. The molecule has 0 bridgehead atoms. The number of methoxy groups -OCH3 is 1. The van der Waals surface area contributed by atoms with Crippen LogP contribution in [-0.2, 0) is 4.79 Å². The molecular weight excluding hydrogens is 394 g/mol. The Balaban J connectivity index is 1.42. The van der Waals surface area contributed by atoms with Gasteiger partial charge in [-0.15, -0.1) is 21.5 Å². The number of benzene rings is 1. The Labute approximate surface area is 171 Å². The van der Waals surface area contributed by atoms with Crippen molar-refractivity contribution in [2.75, 3.05) is 25.3 Å². The normalized spacial score (nSPS) is 16.5. The van der Waals surface area contributed by atoms with Crippen molar-refractivity contribution in [1.82, 2.24) is 19.8 Å². The minimum absolute atomic E-state index is 0.106. The summed E-state index contributed by atoms with van der Waals surface area (Å²) in [4.78, 5) is 16.0. The van der Waals surface area contributed by atoms with Crippen LogP contribution in [0, 0.1) is 0 Å². The first-order chi connectivity index (χ1) is 13.7. The molecule has 1 aliphatic rings. The van der Waals surface area contributed by atoms with E-state index in [1.165, 1.54) is 21.3 Å². The van der Waals surface area contributed by atoms with Crippen LogP contribution < -0.4 is 10.6 Å². The second-order valence-electron chi connectivity index (χ2n) is 6.45. The van der Waals surface area contributed by atoms with Gasteiger partial charge in [0.15, 0.2) is 5.82 Å².